The van der Waals surface area contributed by atoms with E-state index in [0.29, 0.717) is 29.3 Å². The van der Waals surface area contributed by atoms with Crippen LogP contribution in [0.4, 0.5) is 0 Å². The number of aryl methyl sites for hydroxylation is 1. The van der Waals surface area contributed by atoms with Crippen molar-refractivity contribution in [1.29, 1.82) is 0 Å². The lowest BCUT2D eigenvalue weighted by atomic mass is 10.0. The first-order valence-corrected chi connectivity index (χ1v) is 9.51. The fourth-order valence-electron chi connectivity index (χ4n) is 3.07. The van der Waals surface area contributed by atoms with Crippen LogP contribution in [0.2, 0.25) is 5.02 Å². The second-order valence-electron chi connectivity index (χ2n) is 6.89. The third kappa shape index (κ3) is 4.90. The second-order valence-corrected chi connectivity index (χ2v) is 7.30. The van der Waals surface area contributed by atoms with Crippen molar-refractivity contribution in [2.24, 2.45) is 5.92 Å². The number of ether oxygens (including phenoxy) is 1. The van der Waals surface area contributed by atoms with Gasteiger partial charge in [0.05, 0.1) is 23.3 Å². The normalized spacial score (nSPS) is 21.3. The smallest absolute Gasteiger partial charge is 0.252 e. The van der Waals surface area contributed by atoms with Crippen LogP contribution in [0.15, 0.2) is 48.5 Å². The topological polar surface area (TPSA) is 87.7 Å². The molecule has 0 bridgehead atoms. The third-order valence-electron chi connectivity index (χ3n) is 4.81. The number of aliphatic hydroxyl groups excluding tert-OH is 1. The first-order valence-electron chi connectivity index (χ1n) is 9.13. The summed E-state index contributed by atoms with van der Waals surface area (Å²) < 4.78 is 5.60. The Morgan fingerprint density at radius 2 is 1.75 bits per heavy atom. The van der Waals surface area contributed by atoms with Crippen molar-refractivity contribution in [3.05, 3.63) is 70.2 Å². The van der Waals surface area contributed by atoms with E-state index < -0.39 is 12.2 Å². The lowest BCUT2D eigenvalue weighted by Gasteiger charge is -2.18. The maximum absolute atomic E-state index is 12.2. The van der Waals surface area contributed by atoms with Gasteiger partial charge in [0.2, 0.25) is 0 Å². The van der Waals surface area contributed by atoms with E-state index >= 15 is 0 Å². The van der Waals surface area contributed by atoms with Gasteiger partial charge in [-0.1, -0.05) is 41.4 Å². The predicted molar refractivity (Wildman–Crippen MR) is 107 cm³/mol. The maximum atomic E-state index is 12.2. The molecule has 1 saturated heterocycles. The Kier molecular flexibility index (Phi) is 6.67. The molecule has 0 aromatic heterocycles. The molecule has 2 aromatic carbocycles. The molecule has 7 heteroatoms. The molecule has 0 aliphatic carbocycles. The highest BCUT2D eigenvalue weighted by atomic mass is 35.5. The summed E-state index contributed by atoms with van der Waals surface area (Å²) >= 11 is 6.01. The number of hydrogen-bond acceptors (Lipinski definition) is 4. The van der Waals surface area contributed by atoms with E-state index in [1.165, 1.54) is 0 Å². The number of hydrogen-bond donors (Lipinski definition) is 3. The van der Waals surface area contributed by atoms with Crippen LogP contribution in [0.25, 0.3) is 0 Å². The molecule has 0 saturated carbocycles. The van der Waals surface area contributed by atoms with Crippen molar-refractivity contribution in [2.45, 2.75) is 19.1 Å². The number of benzene rings is 2. The minimum Gasteiger partial charge on any atom is -0.390 e. The summed E-state index contributed by atoms with van der Waals surface area (Å²) in [5.74, 6) is -0.753. The van der Waals surface area contributed by atoms with Gasteiger partial charge in [0.1, 0.15) is 6.10 Å². The monoisotopic (exact) mass is 402 g/mol. The van der Waals surface area contributed by atoms with Crippen LogP contribution >= 0.6 is 11.6 Å². The van der Waals surface area contributed by atoms with Gasteiger partial charge in [-0.15, -0.1) is 0 Å². The summed E-state index contributed by atoms with van der Waals surface area (Å²) in [6.07, 6.45) is -1.32. The van der Waals surface area contributed by atoms with Crippen LogP contribution in [0.3, 0.4) is 0 Å². The highest BCUT2D eigenvalue weighted by molar-refractivity contribution is 6.33. The van der Waals surface area contributed by atoms with Gasteiger partial charge in [-0.05, 0) is 31.2 Å². The fourth-order valence-corrected chi connectivity index (χ4v) is 3.29. The summed E-state index contributed by atoms with van der Waals surface area (Å²) in [4.78, 5) is 24.4. The van der Waals surface area contributed by atoms with Crippen molar-refractivity contribution >= 4 is 23.4 Å². The number of aliphatic hydroxyl groups is 1. The number of halogens is 1. The second kappa shape index (κ2) is 9.19. The van der Waals surface area contributed by atoms with Crippen LogP contribution in [0.5, 0.6) is 0 Å². The van der Waals surface area contributed by atoms with Gasteiger partial charge in [0.15, 0.2) is 0 Å². The molecular weight excluding hydrogens is 380 g/mol. The SMILES string of the molecule is Cc1ccc(C(=O)NCC2COC(CNC(=O)c3ccccc3Cl)C2O)cc1. The molecule has 0 radical (unpaired) electrons. The molecule has 0 spiro atoms. The highest BCUT2D eigenvalue weighted by Gasteiger charge is 2.36. The molecule has 3 atom stereocenters. The molecule has 6 nitrogen and oxygen atoms in total. The molecule has 2 amide bonds. The van der Waals surface area contributed by atoms with Gasteiger partial charge >= 0.3 is 0 Å². The lowest BCUT2D eigenvalue weighted by molar-refractivity contribution is 0.0384. The quantitative estimate of drug-likeness (QED) is 0.691. The number of carbonyl (C=O) groups is 2. The van der Waals surface area contributed by atoms with Crippen LogP contribution in [0, 0.1) is 12.8 Å². The standard InChI is InChI=1S/C21H23ClN2O4/c1-13-6-8-14(9-7-13)20(26)23-10-15-12-28-18(19(15)25)11-24-21(27)16-4-2-3-5-17(16)22/h2-9,15,18-19,25H,10-12H2,1H3,(H,23,26)(H,24,27). The zero-order valence-corrected chi connectivity index (χ0v) is 16.3. The molecule has 3 rings (SSSR count). The van der Waals surface area contributed by atoms with Crippen LogP contribution in [-0.2, 0) is 4.74 Å². The lowest BCUT2D eigenvalue weighted by Crippen LogP contribution is -2.41. The molecule has 3 unspecified atom stereocenters. The van der Waals surface area contributed by atoms with E-state index in [4.69, 9.17) is 16.3 Å². The van der Waals surface area contributed by atoms with E-state index in [-0.39, 0.29) is 24.3 Å². The summed E-state index contributed by atoms with van der Waals surface area (Å²) in [6, 6.07) is 14.0. The first-order chi connectivity index (χ1) is 13.5. The Morgan fingerprint density at radius 1 is 1.07 bits per heavy atom. The Morgan fingerprint density at radius 3 is 2.46 bits per heavy atom. The number of nitrogens with one attached hydrogen (secondary N) is 2. The Balaban J connectivity index is 1.47. The molecular formula is C21H23ClN2O4. The Labute approximate surface area is 168 Å². The maximum Gasteiger partial charge on any atom is 0.252 e. The van der Waals surface area contributed by atoms with Crippen molar-refractivity contribution in [1.82, 2.24) is 10.6 Å². The predicted octanol–water partition coefficient (Wildman–Crippen LogP) is 2.18. The highest BCUT2D eigenvalue weighted by Crippen LogP contribution is 2.20. The van der Waals surface area contributed by atoms with Gasteiger partial charge in [-0.2, -0.15) is 0 Å². The molecule has 148 valence electrons. The largest absolute Gasteiger partial charge is 0.390 e. The minimum absolute atomic E-state index is 0.160. The fraction of sp³-hybridized carbons (Fsp3) is 0.333. The average Bonchev–Trinajstić information content (AvgIpc) is 3.04. The molecule has 1 heterocycles. The van der Waals surface area contributed by atoms with E-state index in [0.717, 1.165) is 5.56 Å². The zero-order chi connectivity index (χ0) is 20.1. The van der Waals surface area contributed by atoms with Crippen molar-refractivity contribution in [2.75, 3.05) is 19.7 Å². The minimum atomic E-state index is -0.787. The number of carbonyl (C=O) groups excluding carboxylic acids is 2. The molecule has 1 aliphatic rings. The number of rotatable bonds is 6. The molecule has 3 N–H and O–H groups in total. The summed E-state index contributed by atoms with van der Waals surface area (Å²) in [7, 11) is 0. The van der Waals surface area contributed by atoms with Gasteiger partial charge in [0, 0.05) is 24.6 Å². The van der Waals surface area contributed by atoms with E-state index in [2.05, 4.69) is 10.6 Å². The van der Waals surface area contributed by atoms with Crippen LogP contribution in [-0.4, -0.2) is 48.8 Å². The molecule has 1 aliphatic heterocycles. The van der Waals surface area contributed by atoms with E-state index in [1.54, 1.807) is 36.4 Å². The molecule has 1 fully saturated rings. The Hall–Kier alpha value is -2.41. The molecule has 28 heavy (non-hydrogen) atoms. The van der Waals surface area contributed by atoms with E-state index in [1.807, 2.05) is 19.1 Å². The van der Waals surface area contributed by atoms with Crippen LogP contribution < -0.4 is 10.6 Å². The van der Waals surface area contributed by atoms with Gasteiger partial charge in [-0.3, -0.25) is 9.59 Å². The first kappa shape index (κ1) is 20.3. The van der Waals surface area contributed by atoms with Gasteiger partial charge in [0.25, 0.3) is 11.8 Å². The summed E-state index contributed by atoms with van der Waals surface area (Å²) in [5.41, 5.74) is 2.03. The van der Waals surface area contributed by atoms with E-state index in [9.17, 15) is 14.7 Å². The Bertz CT molecular complexity index is 841. The summed E-state index contributed by atoms with van der Waals surface area (Å²) in [5, 5.41) is 16.4. The van der Waals surface area contributed by atoms with Crippen molar-refractivity contribution in [3.63, 3.8) is 0 Å². The third-order valence-corrected chi connectivity index (χ3v) is 5.14. The van der Waals surface area contributed by atoms with Gasteiger partial charge in [-0.25, -0.2) is 0 Å². The van der Waals surface area contributed by atoms with Gasteiger partial charge < -0.3 is 20.5 Å². The summed E-state index contributed by atoms with van der Waals surface area (Å²) in [6.45, 7) is 2.72. The number of amides is 2. The molecule has 2 aromatic rings. The van der Waals surface area contributed by atoms with Crippen molar-refractivity contribution in [3.8, 4) is 0 Å². The zero-order valence-electron chi connectivity index (χ0n) is 15.5. The van der Waals surface area contributed by atoms with Crippen LogP contribution in [0.1, 0.15) is 26.3 Å². The van der Waals surface area contributed by atoms with Crippen molar-refractivity contribution < 1.29 is 19.4 Å². The average molecular weight is 403 g/mol.